The summed E-state index contributed by atoms with van der Waals surface area (Å²) in [4.78, 5) is 4.17. The molecule has 1 N–H and O–H groups in total. The highest BCUT2D eigenvalue weighted by atomic mass is 35.5. The van der Waals surface area contributed by atoms with Gasteiger partial charge in [0.1, 0.15) is 0 Å². The quantitative estimate of drug-likeness (QED) is 0.364. The molecule has 0 aliphatic carbocycles. The molecular formula is C9H7Cl2N3S. The third-order valence-corrected chi connectivity index (χ3v) is 2.81. The Hall–Kier alpha value is -0.890. The summed E-state index contributed by atoms with van der Waals surface area (Å²) in [5.74, 6) is 0. The van der Waals surface area contributed by atoms with Crippen molar-refractivity contribution in [3.63, 3.8) is 0 Å². The molecule has 0 saturated carbocycles. The van der Waals surface area contributed by atoms with E-state index in [2.05, 4.69) is 10.3 Å². The monoisotopic (exact) mass is 259 g/mol. The SMILES string of the molecule is CSC(=Nc1ccc(Cl)c(Cl)c1)NC#N. The van der Waals surface area contributed by atoms with E-state index < -0.39 is 0 Å². The minimum atomic E-state index is 0.440. The predicted molar refractivity (Wildman–Crippen MR) is 65.8 cm³/mol. The van der Waals surface area contributed by atoms with Gasteiger partial charge in [-0.2, -0.15) is 5.26 Å². The second-order valence-corrected chi connectivity index (χ2v) is 4.07. The van der Waals surface area contributed by atoms with Gasteiger partial charge in [0, 0.05) is 0 Å². The zero-order valence-electron chi connectivity index (χ0n) is 7.79. The van der Waals surface area contributed by atoms with Crippen molar-refractivity contribution in [3.05, 3.63) is 28.2 Å². The van der Waals surface area contributed by atoms with Crippen LogP contribution in [0.1, 0.15) is 0 Å². The number of nitrogens with zero attached hydrogens (tertiary/aromatic N) is 2. The third-order valence-electron chi connectivity index (χ3n) is 1.49. The maximum absolute atomic E-state index is 8.44. The van der Waals surface area contributed by atoms with Crippen LogP contribution in [0.4, 0.5) is 5.69 Å². The average molecular weight is 260 g/mol. The molecule has 3 nitrogen and oxygen atoms in total. The summed E-state index contributed by atoms with van der Waals surface area (Å²) >= 11 is 12.9. The van der Waals surface area contributed by atoms with E-state index in [0.717, 1.165) is 0 Å². The van der Waals surface area contributed by atoms with Crippen LogP contribution in [0.15, 0.2) is 23.2 Å². The summed E-state index contributed by atoms with van der Waals surface area (Å²) in [7, 11) is 0. The number of nitriles is 1. The van der Waals surface area contributed by atoms with E-state index in [4.69, 9.17) is 28.5 Å². The van der Waals surface area contributed by atoms with Gasteiger partial charge in [-0.05, 0) is 24.5 Å². The average Bonchev–Trinajstić information content (AvgIpc) is 2.23. The zero-order valence-corrected chi connectivity index (χ0v) is 10.1. The minimum absolute atomic E-state index is 0.440. The molecule has 0 amide bonds. The Balaban J connectivity index is 2.97. The fourth-order valence-corrected chi connectivity index (χ4v) is 1.48. The number of benzene rings is 1. The molecule has 0 heterocycles. The molecule has 0 fully saturated rings. The fourth-order valence-electron chi connectivity index (χ4n) is 0.844. The van der Waals surface area contributed by atoms with Crippen LogP contribution in [0.25, 0.3) is 0 Å². The Morgan fingerprint density at radius 3 is 2.73 bits per heavy atom. The molecule has 15 heavy (non-hydrogen) atoms. The Labute approximate surface area is 102 Å². The largest absolute Gasteiger partial charge is 0.271 e. The first-order chi connectivity index (χ1) is 7.17. The number of amidine groups is 1. The summed E-state index contributed by atoms with van der Waals surface area (Å²) in [5, 5.41) is 12.3. The summed E-state index contributed by atoms with van der Waals surface area (Å²) in [6, 6.07) is 5.02. The lowest BCUT2D eigenvalue weighted by Crippen LogP contribution is -2.12. The summed E-state index contributed by atoms with van der Waals surface area (Å²) < 4.78 is 0. The molecule has 6 heteroatoms. The van der Waals surface area contributed by atoms with Crippen LogP contribution in [0.2, 0.25) is 10.0 Å². The Bertz CT molecular complexity index is 426. The lowest BCUT2D eigenvalue weighted by atomic mass is 10.3. The van der Waals surface area contributed by atoms with Crippen molar-refractivity contribution in [1.82, 2.24) is 5.32 Å². The Morgan fingerprint density at radius 2 is 2.20 bits per heavy atom. The van der Waals surface area contributed by atoms with Crippen molar-refractivity contribution in [1.29, 1.82) is 5.26 Å². The van der Waals surface area contributed by atoms with Gasteiger partial charge in [-0.1, -0.05) is 35.0 Å². The molecule has 0 unspecified atom stereocenters. The second-order valence-electron chi connectivity index (χ2n) is 2.46. The molecule has 0 atom stereocenters. The van der Waals surface area contributed by atoms with E-state index >= 15 is 0 Å². The Kier molecular flexibility index (Phi) is 4.76. The predicted octanol–water partition coefficient (Wildman–Crippen LogP) is 3.41. The number of rotatable bonds is 1. The molecule has 78 valence electrons. The van der Waals surface area contributed by atoms with E-state index in [1.807, 2.05) is 6.26 Å². The molecule has 0 bridgehead atoms. The second kappa shape index (κ2) is 5.86. The van der Waals surface area contributed by atoms with Crippen molar-refractivity contribution in [2.45, 2.75) is 0 Å². The van der Waals surface area contributed by atoms with Crippen molar-refractivity contribution in [3.8, 4) is 6.19 Å². The van der Waals surface area contributed by atoms with Crippen LogP contribution < -0.4 is 5.32 Å². The maximum Gasteiger partial charge on any atom is 0.183 e. The van der Waals surface area contributed by atoms with E-state index in [9.17, 15) is 0 Å². The van der Waals surface area contributed by atoms with E-state index in [1.54, 1.807) is 24.4 Å². The highest BCUT2D eigenvalue weighted by molar-refractivity contribution is 8.13. The van der Waals surface area contributed by atoms with Crippen LogP contribution in [0, 0.1) is 11.5 Å². The molecule has 0 aliphatic rings. The van der Waals surface area contributed by atoms with Crippen molar-refractivity contribution >= 4 is 45.8 Å². The van der Waals surface area contributed by atoms with Crippen molar-refractivity contribution < 1.29 is 0 Å². The van der Waals surface area contributed by atoms with E-state index in [-0.39, 0.29) is 0 Å². The van der Waals surface area contributed by atoms with Crippen molar-refractivity contribution in [2.75, 3.05) is 6.26 Å². The molecule has 0 aliphatic heterocycles. The van der Waals surface area contributed by atoms with Gasteiger partial charge < -0.3 is 0 Å². The molecular weight excluding hydrogens is 253 g/mol. The smallest absolute Gasteiger partial charge is 0.183 e. The lowest BCUT2D eigenvalue weighted by Gasteiger charge is -2.00. The van der Waals surface area contributed by atoms with E-state index in [1.165, 1.54) is 11.8 Å². The Morgan fingerprint density at radius 1 is 1.47 bits per heavy atom. The molecule has 1 rings (SSSR count). The summed E-state index contributed by atoms with van der Waals surface area (Å²) in [5.41, 5.74) is 0.650. The van der Waals surface area contributed by atoms with Crippen LogP contribution in [-0.2, 0) is 0 Å². The lowest BCUT2D eigenvalue weighted by molar-refractivity contribution is 1.28. The number of thioether (sulfide) groups is 1. The van der Waals surface area contributed by atoms with Gasteiger partial charge in [0.15, 0.2) is 11.4 Å². The highest BCUT2D eigenvalue weighted by Gasteiger charge is 2.00. The van der Waals surface area contributed by atoms with E-state index in [0.29, 0.717) is 20.9 Å². The first kappa shape index (κ1) is 12.2. The number of halogens is 2. The highest BCUT2D eigenvalue weighted by Crippen LogP contribution is 2.26. The minimum Gasteiger partial charge on any atom is -0.271 e. The van der Waals surface area contributed by atoms with Crippen molar-refractivity contribution in [2.24, 2.45) is 4.99 Å². The molecule has 0 aromatic heterocycles. The molecule has 0 saturated heterocycles. The van der Waals surface area contributed by atoms with Gasteiger partial charge in [-0.15, -0.1) is 0 Å². The normalized spacial score (nSPS) is 10.9. The fraction of sp³-hybridized carbons (Fsp3) is 0.111. The molecule has 1 aromatic carbocycles. The number of aliphatic imine (C=N–C) groups is 1. The maximum atomic E-state index is 8.44. The summed E-state index contributed by atoms with van der Waals surface area (Å²) in [6.45, 7) is 0. The van der Waals surface area contributed by atoms with Gasteiger partial charge in [0.05, 0.1) is 15.7 Å². The van der Waals surface area contributed by atoms with Gasteiger partial charge in [0.2, 0.25) is 0 Å². The topological polar surface area (TPSA) is 48.2 Å². The van der Waals surface area contributed by atoms with Crippen LogP contribution >= 0.6 is 35.0 Å². The summed E-state index contributed by atoms with van der Waals surface area (Å²) in [6.07, 6.45) is 3.62. The van der Waals surface area contributed by atoms with Crippen LogP contribution in [-0.4, -0.2) is 11.4 Å². The standard InChI is InChI=1S/C9H7Cl2N3S/c1-15-9(13-5-12)14-6-2-3-7(10)8(11)4-6/h2-4H,1H3,(H,13,14). The third kappa shape index (κ3) is 3.63. The number of nitrogens with one attached hydrogen (secondary N) is 1. The van der Waals surface area contributed by atoms with Crippen LogP contribution in [0.3, 0.4) is 0 Å². The zero-order chi connectivity index (χ0) is 11.3. The first-order valence-corrected chi connectivity index (χ1v) is 5.88. The molecule has 0 radical (unpaired) electrons. The van der Waals surface area contributed by atoms with Crippen LogP contribution in [0.5, 0.6) is 0 Å². The first-order valence-electron chi connectivity index (χ1n) is 3.90. The number of hydrogen-bond acceptors (Lipinski definition) is 3. The molecule has 1 aromatic rings. The van der Waals surface area contributed by atoms with Gasteiger partial charge >= 0.3 is 0 Å². The van der Waals surface area contributed by atoms with Gasteiger partial charge in [-0.3, -0.25) is 5.32 Å². The number of hydrogen-bond donors (Lipinski definition) is 1. The van der Waals surface area contributed by atoms with Gasteiger partial charge in [-0.25, -0.2) is 4.99 Å². The molecule has 0 spiro atoms. The van der Waals surface area contributed by atoms with Gasteiger partial charge in [0.25, 0.3) is 0 Å².